The summed E-state index contributed by atoms with van der Waals surface area (Å²) in [6, 6.07) is 7.28. The summed E-state index contributed by atoms with van der Waals surface area (Å²) < 4.78 is 86.5. The summed E-state index contributed by atoms with van der Waals surface area (Å²) in [7, 11) is 0. The summed E-state index contributed by atoms with van der Waals surface area (Å²) >= 11 is 0. The zero-order valence-corrected chi connectivity index (χ0v) is 13.5. The predicted octanol–water partition coefficient (Wildman–Crippen LogP) is 4.40. The maximum absolute atomic E-state index is 13.9. The van der Waals surface area contributed by atoms with Gasteiger partial charge in [0, 0.05) is 0 Å². The quantitative estimate of drug-likeness (QED) is 0.545. The molecule has 2 aromatic carbocycles. The fourth-order valence-corrected chi connectivity index (χ4v) is 2.32. The Hall–Kier alpha value is -2.06. The molecule has 0 bridgehead atoms. The molecule has 0 radical (unpaired) electrons. The second kappa shape index (κ2) is 8.09. The lowest BCUT2D eigenvalue weighted by Gasteiger charge is -2.18. The van der Waals surface area contributed by atoms with Gasteiger partial charge in [-0.15, -0.1) is 0 Å². The second-order valence-electron chi connectivity index (χ2n) is 5.66. The molecule has 0 aliphatic heterocycles. The van der Waals surface area contributed by atoms with Crippen molar-refractivity contribution in [2.75, 3.05) is 19.8 Å². The molecule has 0 amide bonds. The molecule has 0 atom stereocenters. The van der Waals surface area contributed by atoms with E-state index in [1.54, 1.807) is 0 Å². The first-order valence-electron chi connectivity index (χ1n) is 7.65. The molecule has 8 heteroatoms. The van der Waals surface area contributed by atoms with Gasteiger partial charge >= 0.3 is 0 Å². The van der Waals surface area contributed by atoms with Crippen LogP contribution in [0.25, 0.3) is 0 Å². The summed E-state index contributed by atoms with van der Waals surface area (Å²) in [6.07, 6.45) is -0.0395. The van der Waals surface area contributed by atoms with Crippen molar-refractivity contribution < 1.29 is 36.2 Å². The molecule has 0 aliphatic carbocycles. The van der Waals surface area contributed by atoms with Gasteiger partial charge in [0.1, 0.15) is 24.8 Å². The van der Waals surface area contributed by atoms with Crippen LogP contribution in [0, 0.1) is 11.6 Å². The van der Waals surface area contributed by atoms with Gasteiger partial charge in [0.05, 0.1) is 17.7 Å². The second-order valence-corrected chi connectivity index (χ2v) is 5.66. The zero-order valence-electron chi connectivity index (χ0n) is 13.5. The summed E-state index contributed by atoms with van der Waals surface area (Å²) in [5.41, 5.74) is -1.55. The van der Waals surface area contributed by atoms with Crippen molar-refractivity contribution in [2.24, 2.45) is 0 Å². The molecule has 0 aliphatic rings. The van der Waals surface area contributed by atoms with Gasteiger partial charge in [0.25, 0.3) is 11.8 Å². The minimum absolute atomic E-state index is 0.0395. The third-order valence-electron chi connectivity index (χ3n) is 3.71. The van der Waals surface area contributed by atoms with Crippen LogP contribution < -0.4 is 0 Å². The van der Waals surface area contributed by atoms with Crippen LogP contribution >= 0.6 is 0 Å². The van der Waals surface area contributed by atoms with Gasteiger partial charge in [-0.05, 0) is 36.2 Å². The zero-order chi connectivity index (χ0) is 19.4. The summed E-state index contributed by atoms with van der Waals surface area (Å²) in [4.78, 5) is 0. The van der Waals surface area contributed by atoms with E-state index < -0.39 is 47.8 Å². The van der Waals surface area contributed by atoms with Crippen LogP contribution in [-0.4, -0.2) is 24.9 Å². The van der Waals surface area contributed by atoms with Gasteiger partial charge in [-0.1, -0.05) is 18.2 Å². The first-order chi connectivity index (χ1) is 12.2. The molecule has 0 saturated carbocycles. The Bertz CT molecular complexity index is 748. The number of alkyl halides is 4. The van der Waals surface area contributed by atoms with Crippen molar-refractivity contribution in [1.82, 2.24) is 0 Å². The summed E-state index contributed by atoms with van der Waals surface area (Å²) in [5, 5.41) is 8.64. The van der Waals surface area contributed by atoms with Crippen LogP contribution in [0.15, 0.2) is 42.5 Å². The number of benzene rings is 2. The number of hydrogen-bond acceptors (Lipinski definition) is 2. The van der Waals surface area contributed by atoms with Crippen LogP contribution in [0.1, 0.15) is 16.7 Å². The SMILES string of the molecule is OCC(F)(F)c1cc(CCOCC(F)(F)c2ccccc2F)ccc1F. The molecule has 2 rings (SSSR count). The summed E-state index contributed by atoms with van der Waals surface area (Å²) in [5.74, 6) is -9.54. The van der Waals surface area contributed by atoms with E-state index in [0.717, 1.165) is 24.3 Å². The smallest absolute Gasteiger partial charge is 0.298 e. The Kier molecular flexibility index (Phi) is 6.30. The number of ether oxygens (including phenoxy) is 1. The number of hydrogen-bond donors (Lipinski definition) is 1. The van der Waals surface area contributed by atoms with Gasteiger partial charge in [-0.2, -0.15) is 17.6 Å². The minimum Gasteiger partial charge on any atom is -0.390 e. The van der Waals surface area contributed by atoms with Crippen molar-refractivity contribution in [3.63, 3.8) is 0 Å². The van der Waals surface area contributed by atoms with Gasteiger partial charge in [-0.3, -0.25) is 0 Å². The maximum atomic E-state index is 13.9. The molecular formula is C18H16F6O2. The fourth-order valence-electron chi connectivity index (χ4n) is 2.32. The standard InChI is InChI=1S/C18H16F6O2/c19-15-4-2-1-3-13(15)18(23,24)11-26-8-7-12-5-6-16(20)14(9-12)17(21,22)10-25/h1-6,9,25H,7-8,10-11H2. The van der Waals surface area contributed by atoms with Gasteiger partial charge in [-0.25, -0.2) is 8.78 Å². The molecule has 0 aromatic heterocycles. The first-order valence-corrected chi connectivity index (χ1v) is 7.65. The number of aliphatic hydroxyl groups excluding tert-OH is 1. The highest BCUT2D eigenvalue weighted by Crippen LogP contribution is 2.31. The number of halogens is 6. The van der Waals surface area contributed by atoms with E-state index in [0.29, 0.717) is 0 Å². The van der Waals surface area contributed by atoms with Crippen LogP contribution in [0.3, 0.4) is 0 Å². The molecule has 2 nitrogen and oxygen atoms in total. The lowest BCUT2D eigenvalue weighted by Crippen LogP contribution is -2.23. The lowest BCUT2D eigenvalue weighted by molar-refractivity contribution is -0.0842. The van der Waals surface area contributed by atoms with Crippen molar-refractivity contribution in [2.45, 2.75) is 18.3 Å². The van der Waals surface area contributed by atoms with E-state index in [9.17, 15) is 26.3 Å². The van der Waals surface area contributed by atoms with Crippen molar-refractivity contribution in [3.8, 4) is 0 Å². The molecule has 142 valence electrons. The lowest BCUT2D eigenvalue weighted by atomic mass is 10.0. The van der Waals surface area contributed by atoms with Crippen LogP contribution in [0.4, 0.5) is 26.3 Å². The molecule has 2 aromatic rings. The van der Waals surface area contributed by atoms with E-state index in [4.69, 9.17) is 9.84 Å². The molecular weight excluding hydrogens is 362 g/mol. The highest BCUT2D eigenvalue weighted by Gasteiger charge is 2.35. The largest absolute Gasteiger partial charge is 0.390 e. The Balaban J connectivity index is 1.96. The highest BCUT2D eigenvalue weighted by molar-refractivity contribution is 5.29. The minimum atomic E-state index is -3.75. The maximum Gasteiger partial charge on any atom is 0.298 e. The first kappa shape index (κ1) is 20.3. The average molecular weight is 378 g/mol. The third-order valence-corrected chi connectivity index (χ3v) is 3.71. The van der Waals surface area contributed by atoms with Crippen LogP contribution in [0.5, 0.6) is 0 Å². The Morgan fingerprint density at radius 3 is 2.15 bits per heavy atom. The van der Waals surface area contributed by atoms with Gasteiger partial charge in [0.2, 0.25) is 0 Å². The molecule has 1 N–H and O–H groups in total. The predicted molar refractivity (Wildman–Crippen MR) is 82.2 cm³/mol. The van der Waals surface area contributed by atoms with E-state index >= 15 is 0 Å². The van der Waals surface area contributed by atoms with Crippen molar-refractivity contribution >= 4 is 0 Å². The molecule has 26 heavy (non-hydrogen) atoms. The normalized spacial score (nSPS) is 12.4. The van der Waals surface area contributed by atoms with Crippen molar-refractivity contribution in [3.05, 3.63) is 70.8 Å². The fraction of sp³-hybridized carbons (Fsp3) is 0.333. The Morgan fingerprint density at radius 1 is 0.846 bits per heavy atom. The number of rotatable bonds is 8. The van der Waals surface area contributed by atoms with Crippen LogP contribution in [-0.2, 0) is 23.0 Å². The topological polar surface area (TPSA) is 29.5 Å². The molecule has 0 heterocycles. The molecule has 0 saturated heterocycles. The van der Waals surface area contributed by atoms with Crippen molar-refractivity contribution in [1.29, 1.82) is 0 Å². The Morgan fingerprint density at radius 2 is 1.50 bits per heavy atom. The van der Waals surface area contributed by atoms with Gasteiger partial charge < -0.3 is 9.84 Å². The monoisotopic (exact) mass is 378 g/mol. The van der Waals surface area contributed by atoms with Gasteiger partial charge in [0.15, 0.2) is 0 Å². The average Bonchev–Trinajstić information content (AvgIpc) is 2.60. The Labute approximate surface area is 146 Å². The molecule has 0 unspecified atom stereocenters. The summed E-state index contributed by atoms with van der Waals surface area (Å²) in [6.45, 7) is -2.91. The van der Waals surface area contributed by atoms with E-state index in [-0.39, 0.29) is 18.6 Å². The number of aliphatic hydroxyl groups is 1. The molecule has 0 fully saturated rings. The van der Waals surface area contributed by atoms with E-state index in [1.165, 1.54) is 18.2 Å². The van der Waals surface area contributed by atoms with E-state index in [2.05, 4.69) is 0 Å². The third kappa shape index (κ3) is 4.76. The van der Waals surface area contributed by atoms with Crippen LogP contribution in [0.2, 0.25) is 0 Å². The highest BCUT2D eigenvalue weighted by atomic mass is 19.3. The van der Waals surface area contributed by atoms with E-state index in [1.807, 2.05) is 0 Å². The molecule has 0 spiro atoms.